The normalized spacial score (nSPS) is 13.9. The molecular weight excluding hydrogens is 378 g/mol. The first-order chi connectivity index (χ1) is 14.6. The summed E-state index contributed by atoms with van der Waals surface area (Å²) in [6.45, 7) is 0.467. The highest BCUT2D eigenvalue weighted by molar-refractivity contribution is 5.94. The van der Waals surface area contributed by atoms with Gasteiger partial charge < -0.3 is 14.4 Å². The van der Waals surface area contributed by atoms with Gasteiger partial charge in [-0.2, -0.15) is 5.10 Å². The fourth-order valence-corrected chi connectivity index (χ4v) is 3.81. The third-order valence-electron chi connectivity index (χ3n) is 5.43. The highest BCUT2D eigenvalue weighted by atomic mass is 16.5. The number of amides is 1. The Bertz CT molecular complexity index is 994. The van der Waals surface area contributed by atoms with Crippen molar-refractivity contribution in [2.45, 2.75) is 38.3 Å². The summed E-state index contributed by atoms with van der Waals surface area (Å²) in [4.78, 5) is 14.6. The Hall–Kier alpha value is -3.28. The number of rotatable bonds is 7. The van der Waals surface area contributed by atoms with Gasteiger partial charge in [-0.05, 0) is 56.0 Å². The quantitative estimate of drug-likeness (QED) is 0.582. The van der Waals surface area contributed by atoms with Crippen molar-refractivity contribution in [2.24, 2.45) is 0 Å². The smallest absolute Gasteiger partial charge is 0.254 e. The number of aromatic nitrogens is 2. The van der Waals surface area contributed by atoms with Crippen molar-refractivity contribution in [3.63, 3.8) is 0 Å². The van der Waals surface area contributed by atoms with Gasteiger partial charge in [0.15, 0.2) is 11.5 Å². The molecule has 0 atom stereocenters. The fourth-order valence-electron chi connectivity index (χ4n) is 3.81. The summed E-state index contributed by atoms with van der Waals surface area (Å²) in [5.41, 5.74) is 2.52. The third kappa shape index (κ3) is 4.48. The second-order valence-corrected chi connectivity index (χ2v) is 7.68. The molecule has 6 heteroatoms. The number of nitrogens with zero attached hydrogens (tertiary/aromatic N) is 3. The van der Waals surface area contributed by atoms with Crippen LogP contribution in [-0.2, 0) is 6.54 Å². The van der Waals surface area contributed by atoms with Gasteiger partial charge in [-0.1, -0.05) is 18.2 Å². The van der Waals surface area contributed by atoms with Crippen LogP contribution in [0.25, 0.3) is 5.69 Å². The summed E-state index contributed by atoms with van der Waals surface area (Å²) in [5.74, 6) is 1.22. The summed E-state index contributed by atoms with van der Waals surface area (Å²) in [6, 6.07) is 15.3. The highest BCUT2D eigenvalue weighted by Gasteiger charge is 2.20. The molecule has 0 spiro atoms. The Morgan fingerprint density at radius 2 is 1.90 bits per heavy atom. The van der Waals surface area contributed by atoms with Crippen molar-refractivity contribution in [1.82, 2.24) is 14.7 Å². The van der Waals surface area contributed by atoms with E-state index in [1.165, 1.54) is 12.8 Å². The van der Waals surface area contributed by atoms with Gasteiger partial charge >= 0.3 is 0 Å². The topological polar surface area (TPSA) is 56.6 Å². The van der Waals surface area contributed by atoms with Crippen LogP contribution in [0.3, 0.4) is 0 Å². The molecule has 0 radical (unpaired) electrons. The first-order valence-corrected chi connectivity index (χ1v) is 10.3. The van der Waals surface area contributed by atoms with Crippen molar-refractivity contribution >= 4 is 5.91 Å². The summed E-state index contributed by atoms with van der Waals surface area (Å²) in [6.07, 6.45) is 8.52. The maximum absolute atomic E-state index is 13.0. The van der Waals surface area contributed by atoms with Crippen LogP contribution >= 0.6 is 0 Å². The van der Waals surface area contributed by atoms with Gasteiger partial charge in [0.25, 0.3) is 5.91 Å². The minimum atomic E-state index is -0.0758. The van der Waals surface area contributed by atoms with Crippen LogP contribution in [0.2, 0.25) is 0 Å². The van der Waals surface area contributed by atoms with E-state index in [0.29, 0.717) is 23.6 Å². The minimum Gasteiger partial charge on any atom is -0.493 e. The maximum atomic E-state index is 13.0. The summed E-state index contributed by atoms with van der Waals surface area (Å²) in [7, 11) is 3.39. The average Bonchev–Trinajstić information content (AvgIpc) is 3.46. The lowest BCUT2D eigenvalue weighted by atomic mass is 10.1. The number of carbonyl (C=O) groups excluding carboxylic acids is 1. The lowest BCUT2D eigenvalue weighted by Crippen LogP contribution is -2.26. The molecule has 1 aliphatic carbocycles. The van der Waals surface area contributed by atoms with Crippen molar-refractivity contribution in [1.29, 1.82) is 0 Å². The van der Waals surface area contributed by atoms with Gasteiger partial charge in [0.2, 0.25) is 0 Å². The Balaban J connectivity index is 1.44. The van der Waals surface area contributed by atoms with Gasteiger partial charge in [-0.15, -0.1) is 0 Å². The predicted molar refractivity (Wildman–Crippen MR) is 115 cm³/mol. The minimum absolute atomic E-state index is 0.0758. The lowest BCUT2D eigenvalue weighted by molar-refractivity contribution is 0.0784. The number of carbonyl (C=O) groups is 1. The van der Waals surface area contributed by atoms with Crippen molar-refractivity contribution in [3.05, 3.63) is 72.1 Å². The first-order valence-electron chi connectivity index (χ1n) is 10.3. The van der Waals surface area contributed by atoms with Crippen molar-refractivity contribution in [2.75, 3.05) is 14.2 Å². The molecule has 1 fully saturated rings. The molecule has 0 N–H and O–H groups in total. The molecule has 4 rings (SSSR count). The van der Waals surface area contributed by atoms with Gasteiger partial charge in [0.1, 0.15) is 0 Å². The number of hydrogen-bond acceptors (Lipinski definition) is 4. The second-order valence-electron chi connectivity index (χ2n) is 7.68. The second kappa shape index (κ2) is 9.03. The van der Waals surface area contributed by atoms with E-state index in [1.807, 2.05) is 47.3 Å². The SMILES string of the molecule is COc1cc(C(=O)N(C)Cc2cnn(-c3ccccc3)c2)ccc1OC1CCCC1. The van der Waals surface area contributed by atoms with Crippen LogP contribution in [0.4, 0.5) is 0 Å². The molecule has 1 aliphatic rings. The number of methoxy groups -OCH3 is 1. The van der Waals surface area contributed by atoms with E-state index in [4.69, 9.17) is 9.47 Å². The standard InChI is InChI=1S/C24H27N3O3/c1-26(16-18-15-25-27(17-18)20-8-4-3-5-9-20)24(28)19-12-13-22(23(14-19)29-2)30-21-10-6-7-11-21/h3-5,8-9,12-15,17,21H,6-7,10-11,16H2,1-2H3. The van der Waals surface area contributed by atoms with Gasteiger partial charge in [0, 0.05) is 30.9 Å². The van der Waals surface area contributed by atoms with Crippen LogP contribution in [-0.4, -0.2) is 40.8 Å². The van der Waals surface area contributed by atoms with Crippen molar-refractivity contribution < 1.29 is 14.3 Å². The van der Waals surface area contributed by atoms with Crippen molar-refractivity contribution in [3.8, 4) is 17.2 Å². The summed E-state index contributed by atoms with van der Waals surface area (Å²) >= 11 is 0. The average molecular weight is 405 g/mol. The lowest BCUT2D eigenvalue weighted by Gasteiger charge is -2.19. The molecule has 1 amide bonds. The van der Waals surface area contributed by atoms with Crippen LogP contribution in [0.1, 0.15) is 41.6 Å². The molecule has 3 aromatic rings. The summed E-state index contributed by atoms with van der Waals surface area (Å²) < 4.78 is 13.4. The molecule has 30 heavy (non-hydrogen) atoms. The fraction of sp³-hybridized carbons (Fsp3) is 0.333. The van der Waals surface area contributed by atoms with Crippen LogP contribution in [0.5, 0.6) is 11.5 Å². The van der Waals surface area contributed by atoms with E-state index in [2.05, 4.69) is 5.10 Å². The van der Waals surface area contributed by atoms with E-state index in [0.717, 1.165) is 24.1 Å². The molecule has 2 aromatic carbocycles. The number of hydrogen-bond donors (Lipinski definition) is 0. The Morgan fingerprint density at radius 3 is 2.63 bits per heavy atom. The van der Waals surface area contributed by atoms with E-state index in [-0.39, 0.29) is 12.0 Å². The molecule has 156 valence electrons. The van der Waals surface area contributed by atoms with E-state index < -0.39 is 0 Å². The van der Waals surface area contributed by atoms with Crippen LogP contribution in [0.15, 0.2) is 60.9 Å². The maximum Gasteiger partial charge on any atom is 0.254 e. The Morgan fingerprint density at radius 1 is 1.13 bits per heavy atom. The van der Waals surface area contributed by atoms with Gasteiger partial charge in [0.05, 0.1) is 25.1 Å². The Labute approximate surface area is 177 Å². The Kier molecular flexibility index (Phi) is 6.02. The summed E-state index contributed by atoms with van der Waals surface area (Å²) in [5, 5.41) is 4.40. The molecule has 0 saturated heterocycles. The molecule has 6 nitrogen and oxygen atoms in total. The number of benzene rings is 2. The molecule has 1 saturated carbocycles. The zero-order valence-electron chi connectivity index (χ0n) is 17.5. The molecule has 1 heterocycles. The van der Waals surface area contributed by atoms with Crippen LogP contribution < -0.4 is 9.47 Å². The third-order valence-corrected chi connectivity index (χ3v) is 5.43. The number of para-hydroxylation sites is 1. The van der Waals surface area contributed by atoms with E-state index in [1.54, 1.807) is 37.4 Å². The number of ether oxygens (including phenoxy) is 2. The van der Waals surface area contributed by atoms with Gasteiger partial charge in [-0.25, -0.2) is 4.68 Å². The zero-order chi connectivity index (χ0) is 20.9. The predicted octanol–water partition coefficient (Wildman–Crippen LogP) is 4.47. The molecule has 0 aliphatic heterocycles. The van der Waals surface area contributed by atoms with E-state index >= 15 is 0 Å². The largest absolute Gasteiger partial charge is 0.493 e. The highest BCUT2D eigenvalue weighted by Crippen LogP contribution is 2.32. The van der Waals surface area contributed by atoms with E-state index in [9.17, 15) is 4.79 Å². The first kappa shape index (κ1) is 20.0. The zero-order valence-corrected chi connectivity index (χ0v) is 17.5. The molecular formula is C24H27N3O3. The van der Waals surface area contributed by atoms with Crippen LogP contribution in [0, 0.1) is 0 Å². The molecule has 0 bridgehead atoms. The monoisotopic (exact) mass is 405 g/mol. The van der Waals surface area contributed by atoms with Gasteiger partial charge in [-0.3, -0.25) is 4.79 Å². The molecule has 0 unspecified atom stereocenters. The molecule has 1 aromatic heterocycles.